The minimum Gasteiger partial charge on any atom is -0.491 e. The SMILES string of the molecule is CCCOCCOCCOCCOCCOc1ccc(-c2ccc(C(CC(=O)O)NC(=O)CNC(=O)CCCCNc3cc(C)ccn3)cc2)c2ccccc12. The van der Waals surface area contributed by atoms with Gasteiger partial charge in [0.25, 0.3) is 0 Å². The van der Waals surface area contributed by atoms with Crippen LogP contribution in [0.1, 0.15) is 56.2 Å². The van der Waals surface area contributed by atoms with Gasteiger partial charge >= 0.3 is 5.97 Å². The summed E-state index contributed by atoms with van der Waals surface area (Å²) in [6.45, 7) is 9.16. The molecular formula is C43H56N4O9. The van der Waals surface area contributed by atoms with Gasteiger partial charge in [0, 0.05) is 31.2 Å². The Hall–Kier alpha value is -5.08. The lowest BCUT2D eigenvalue weighted by Crippen LogP contribution is -2.39. The number of carbonyl (C=O) groups excluding carboxylic acids is 2. The predicted octanol–water partition coefficient (Wildman–Crippen LogP) is 6.10. The topological polar surface area (TPSA) is 167 Å². The van der Waals surface area contributed by atoms with Crippen molar-refractivity contribution >= 4 is 34.4 Å². The first-order valence-electron chi connectivity index (χ1n) is 19.3. The zero-order valence-electron chi connectivity index (χ0n) is 32.6. The second-order valence-corrected chi connectivity index (χ2v) is 13.2. The van der Waals surface area contributed by atoms with E-state index in [-0.39, 0.29) is 25.3 Å². The molecule has 56 heavy (non-hydrogen) atoms. The van der Waals surface area contributed by atoms with E-state index in [4.69, 9.17) is 23.7 Å². The number of pyridine rings is 1. The van der Waals surface area contributed by atoms with Crippen molar-refractivity contribution in [3.63, 3.8) is 0 Å². The number of aromatic nitrogens is 1. The maximum absolute atomic E-state index is 12.8. The van der Waals surface area contributed by atoms with Crippen molar-refractivity contribution in [2.24, 2.45) is 0 Å². The van der Waals surface area contributed by atoms with Crippen LogP contribution in [0.5, 0.6) is 5.75 Å². The molecule has 302 valence electrons. The molecular weight excluding hydrogens is 716 g/mol. The molecule has 0 saturated carbocycles. The summed E-state index contributed by atoms with van der Waals surface area (Å²) in [5.74, 6) is -0.226. The molecule has 0 aliphatic carbocycles. The van der Waals surface area contributed by atoms with Crippen molar-refractivity contribution in [3.05, 3.63) is 90.1 Å². The molecule has 0 spiro atoms. The van der Waals surface area contributed by atoms with Crippen LogP contribution < -0.4 is 20.7 Å². The van der Waals surface area contributed by atoms with Gasteiger partial charge in [-0.2, -0.15) is 0 Å². The molecule has 0 aliphatic rings. The largest absolute Gasteiger partial charge is 0.491 e. The summed E-state index contributed by atoms with van der Waals surface area (Å²) in [5.41, 5.74) is 3.66. The van der Waals surface area contributed by atoms with Gasteiger partial charge in [-0.1, -0.05) is 61.5 Å². The van der Waals surface area contributed by atoms with Gasteiger partial charge in [0.05, 0.1) is 65.3 Å². The number of hydrogen-bond acceptors (Lipinski definition) is 10. The van der Waals surface area contributed by atoms with Crippen LogP contribution in [0.2, 0.25) is 0 Å². The summed E-state index contributed by atoms with van der Waals surface area (Å²) in [4.78, 5) is 41.1. The number of nitrogens with zero attached hydrogens (tertiary/aromatic N) is 1. The number of ether oxygens (including phenoxy) is 5. The van der Waals surface area contributed by atoms with Crippen molar-refractivity contribution in [2.75, 3.05) is 77.9 Å². The maximum Gasteiger partial charge on any atom is 0.305 e. The number of carboxylic acid groups (broad SMARTS) is 1. The number of fused-ring (bicyclic) bond motifs is 1. The van der Waals surface area contributed by atoms with E-state index < -0.39 is 17.9 Å². The molecule has 13 nitrogen and oxygen atoms in total. The van der Waals surface area contributed by atoms with Gasteiger partial charge in [0.2, 0.25) is 11.8 Å². The minimum atomic E-state index is -1.05. The Kier molecular flexibility index (Phi) is 19.6. The molecule has 0 aliphatic heterocycles. The van der Waals surface area contributed by atoms with Crippen LogP contribution >= 0.6 is 0 Å². The molecule has 4 rings (SSSR count). The van der Waals surface area contributed by atoms with E-state index in [1.807, 2.05) is 79.7 Å². The second kappa shape index (κ2) is 25.2. The van der Waals surface area contributed by atoms with Crippen molar-refractivity contribution in [3.8, 4) is 16.9 Å². The second-order valence-electron chi connectivity index (χ2n) is 13.2. The number of carbonyl (C=O) groups is 3. The summed E-state index contributed by atoms with van der Waals surface area (Å²) < 4.78 is 28.2. The van der Waals surface area contributed by atoms with Crippen LogP contribution in [0.25, 0.3) is 21.9 Å². The molecule has 1 heterocycles. The van der Waals surface area contributed by atoms with Crippen molar-refractivity contribution in [1.82, 2.24) is 15.6 Å². The fourth-order valence-corrected chi connectivity index (χ4v) is 5.86. The van der Waals surface area contributed by atoms with E-state index in [0.717, 1.165) is 58.5 Å². The average molecular weight is 773 g/mol. The number of carboxylic acids is 1. The summed E-state index contributed by atoms with van der Waals surface area (Å²) in [6, 6.07) is 22.5. The van der Waals surface area contributed by atoms with Gasteiger partial charge < -0.3 is 44.7 Å². The van der Waals surface area contributed by atoms with Crippen molar-refractivity contribution < 1.29 is 43.2 Å². The maximum atomic E-state index is 12.8. The molecule has 4 N–H and O–H groups in total. The van der Waals surface area contributed by atoms with E-state index in [1.54, 1.807) is 6.20 Å². The van der Waals surface area contributed by atoms with Gasteiger partial charge in [-0.25, -0.2) is 4.98 Å². The summed E-state index contributed by atoms with van der Waals surface area (Å²) in [7, 11) is 0. The molecule has 0 radical (unpaired) electrons. The average Bonchev–Trinajstić information content (AvgIpc) is 3.19. The fraction of sp³-hybridized carbons (Fsp3) is 0.442. The first kappa shape index (κ1) is 43.6. The number of hydrogen-bond donors (Lipinski definition) is 4. The van der Waals surface area contributed by atoms with Crippen LogP contribution in [0.4, 0.5) is 5.82 Å². The Labute approximate surface area is 329 Å². The third-order valence-corrected chi connectivity index (χ3v) is 8.67. The number of aryl methyl sites for hydroxylation is 1. The molecule has 4 aromatic rings. The predicted molar refractivity (Wildman–Crippen MR) is 216 cm³/mol. The Balaban J connectivity index is 1.21. The van der Waals surface area contributed by atoms with Crippen LogP contribution in [-0.4, -0.2) is 100 Å². The number of aliphatic carboxylic acids is 1. The quantitative estimate of drug-likeness (QED) is 0.0493. The Morgan fingerprint density at radius 1 is 0.750 bits per heavy atom. The smallest absolute Gasteiger partial charge is 0.305 e. The molecule has 1 atom stereocenters. The molecule has 13 heteroatoms. The number of rotatable bonds is 28. The lowest BCUT2D eigenvalue weighted by atomic mass is 9.95. The number of benzene rings is 3. The van der Waals surface area contributed by atoms with E-state index in [2.05, 4.69) is 27.9 Å². The standard InChI is InChI=1S/C43H56N4O9/c1-3-20-52-21-22-53-23-24-54-25-26-55-27-28-56-39-16-15-35(36-8-4-5-9-37(36)39)33-11-13-34(14-12-33)38(30-43(50)51)47-42(49)31-46-41(48)10-6-7-18-44-40-29-32(2)17-19-45-40/h4-5,8-9,11-17,19,29,38H,3,6-7,10,18,20-28,30-31H2,1-2H3,(H,44,45)(H,46,48)(H,47,49)(H,50,51). The highest BCUT2D eigenvalue weighted by molar-refractivity contribution is 6.00. The van der Waals surface area contributed by atoms with E-state index in [9.17, 15) is 19.5 Å². The van der Waals surface area contributed by atoms with Crippen LogP contribution in [0.3, 0.4) is 0 Å². The molecule has 0 saturated heterocycles. The number of nitrogens with one attached hydrogen (secondary N) is 3. The van der Waals surface area contributed by atoms with E-state index >= 15 is 0 Å². The van der Waals surface area contributed by atoms with Crippen LogP contribution in [0.15, 0.2) is 79.0 Å². The number of amides is 2. The first-order chi connectivity index (χ1) is 27.3. The highest BCUT2D eigenvalue weighted by atomic mass is 16.6. The van der Waals surface area contributed by atoms with Gasteiger partial charge in [-0.05, 0) is 72.0 Å². The molecule has 0 bridgehead atoms. The molecule has 3 aromatic carbocycles. The Morgan fingerprint density at radius 3 is 2.07 bits per heavy atom. The van der Waals surface area contributed by atoms with E-state index in [0.29, 0.717) is 71.4 Å². The summed E-state index contributed by atoms with van der Waals surface area (Å²) in [6.07, 6.45) is 4.12. The molecule has 1 aromatic heterocycles. The highest BCUT2D eigenvalue weighted by Crippen LogP contribution is 2.35. The Morgan fingerprint density at radius 2 is 1.41 bits per heavy atom. The molecule has 2 amide bonds. The van der Waals surface area contributed by atoms with Crippen molar-refractivity contribution in [2.45, 2.75) is 52.0 Å². The van der Waals surface area contributed by atoms with Gasteiger partial charge in [0.1, 0.15) is 18.2 Å². The first-order valence-corrected chi connectivity index (χ1v) is 19.3. The van der Waals surface area contributed by atoms with Crippen LogP contribution in [-0.2, 0) is 33.3 Å². The summed E-state index contributed by atoms with van der Waals surface area (Å²) >= 11 is 0. The monoisotopic (exact) mass is 772 g/mol. The highest BCUT2D eigenvalue weighted by Gasteiger charge is 2.19. The number of anilines is 1. The molecule has 1 unspecified atom stereocenters. The summed E-state index contributed by atoms with van der Waals surface area (Å²) in [5, 5.41) is 20.2. The zero-order valence-corrected chi connectivity index (χ0v) is 32.6. The Bertz CT molecular complexity index is 1790. The molecule has 0 fully saturated rings. The van der Waals surface area contributed by atoms with Gasteiger partial charge in [0.15, 0.2) is 0 Å². The third kappa shape index (κ3) is 16.0. The zero-order chi connectivity index (χ0) is 39.8. The van der Waals surface area contributed by atoms with Gasteiger partial charge in [-0.15, -0.1) is 0 Å². The minimum absolute atomic E-state index is 0.243. The van der Waals surface area contributed by atoms with E-state index in [1.165, 1.54) is 0 Å². The lowest BCUT2D eigenvalue weighted by molar-refractivity contribution is -0.138. The lowest BCUT2D eigenvalue weighted by Gasteiger charge is -2.19. The van der Waals surface area contributed by atoms with Crippen LogP contribution in [0, 0.1) is 6.92 Å². The fourth-order valence-electron chi connectivity index (χ4n) is 5.86. The van der Waals surface area contributed by atoms with Gasteiger partial charge in [-0.3, -0.25) is 14.4 Å². The third-order valence-electron chi connectivity index (χ3n) is 8.67. The van der Waals surface area contributed by atoms with Crippen molar-refractivity contribution in [1.29, 1.82) is 0 Å². The number of unbranched alkanes of at least 4 members (excludes halogenated alkanes) is 1. The normalized spacial score (nSPS) is 11.6.